The molecule has 1 fully saturated rings. The third-order valence-corrected chi connectivity index (χ3v) is 2.98. The standard InChI is InChI=1S/C13H19N3O/c1-9(6-10-2-3-10)16-13(17)7-12-5-4-11(14)8-15-12/h4-5,8-10H,2-3,6-7,14H2,1H3,(H,16,17). The molecule has 1 aromatic heterocycles. The van der Waals surface area contributed by atoms with Gasteiger partial charge in [0.05, 0.1) is 18.3 Å². The number of nitrogens with one attached hydrogen (secondary N) is 1. The monoisotopic (exact) mass is 233 g/mol. The number of carbonyl (C=O) groups excluding carboxylic acids is 1. The second-order valence-corrected chi connectivity index (χ2v) is 4.91. The van der Waals surface area contributed by atoms with Crippen LogP contribution in [0.2, 0.25) is 0 Å². The van der Waals surface area contributed by atoms with Gasteiger partial charge in [0.2, 0.25) is 5.91 Å². The van der Waals surface area contributed by atoms with Crippen molar-refractivity contribution in [3.63, 3.8) is 0 Å². The molecule has 0 bridgehead atoms. The average Bonchev–Trinajstić information content (AvgIpc) is 3.05. The maximum Gasteiger partial charge on any atom is 0.226 e. The lowest BCUT2D eigenvalue weighted by atomic mass is 10.1. The summed E-state index contributed by atoms with van der Waals surface area (Å²) in [6, 6.07) is 3.83. The number of nitrogens with zero attached hydrogens (tertiary/aromatic N) is 1. The number of rotatable bonds is 5. The van der Waals surface area contributed by atoms with Crippen molar-refractivity contribution in [1.82, 2.24) is 10.3 Å². The molecular weight excluding hydrogens is 214 g/mol. The van der Waals surface area contributed by atoms with Gasteiger partial charge in [0.25, 0.3) is 0 Å². The molecule has 3 N–H and O–H groups in total. The van der Waals surface area contributed by atoms with Gasteiger partial charge in [-0.05, 0) is 31.4 Å². The number of hydrogen-bond donors (Lipinski definition) is 2. The lowest BCUT2D eigenvalue weighted by Gasteiger charge is -2.13. The highest BCUT2D eigenvalue weighted by Gasteiger charge is 2.24. The third-order valence-electron chi connectivity index (χ3n) is 2.98. The van der Waals surface area contributed by atoms with E-state index in [9.17, 15) is 4.79 Å². The van der Waals surface area contributed by atoms with Gasteiger partial charge in [0.1, 0.15) is 0 Å². The van der Waals surface area contributed by atoms with Gasteiger partial charge in [0.15, 0.2) is 0 Å². The molecule has 0 aromatic carbocycles. The predicted molar refractivity (Wildman–Crippen MR) is 67.3 cm³/mol. The second kappa shape index (κ2) is 5.17. The maximum atomic E-state index is 11.7. The van der Waals surface area contributed by atoms with Crippen molar-refractivity contribution in [1.29, 1.82) is 0 Å². The number of nitrogen functional groups attached to an aromatic ring is 1. The lowest BCUT2D eigenvalue weighted by Crippen LogP contribution is -2.34. The molecule has 92 valence electrons. The Balaban J connectivity index is 1.77. The molecule has 17 heavy (non-hydrogen) atoms. The molecule has 1 aromatic rings. The summed E-state index contributed by atoms with van der Waals surface area (Å²) in [4.78, 5) is 15.8. The van der Waals surface area contributed by atoms with E-state index in [4.69, 9.17) is 5.73 Å². The van der Waals surface area contributed by atoms with E-state index in [2.05, 4.69) is 17.2 Å². The number of hydrogen-bond acceptors (Lipinski definition) is 3. The van der Waals surface area contributed by atoms with E-state index in [1.54, 1.807) is 18.3 Å². The maximum absolute atomic E-state index is 11.7. The van der Waals surface area contributed by atoms with E-state index in [1.165, 1.54) is 12.8 Å². The van der Waals surface area contributed by atoms with Crippen LogP contribution in [-0.4, -0.2) is 16.9 Å². The molecule has 4 nitrogen and oxygen atoms in total. The molecule has 1 amide bonds. The van der Waals surface area contributed by atoms with Crippen LogP contribution in [0.5, 0.6) is 0 Å². The smallest absolute Gasteiger partial charge is 0.226 e. The first kappa shape index (κ1) is 11.9. The fourth-order valence-corrected chi connectivity index (χ4v) is 1.94. The van der Waals surface area contributed by atoms with Crippen LogP contribution in [0, 0.1) is 5.92 Å². The zero-order valence-corrected chi connectivity index (χ0v) is 10.1. The molecule has 0 radical (unpaired) electrons. The van der Waals surface area contributed by atoms with Gasteiger partial charge in [-0.2, -0.15) is 0 Å². The van der Waals surface area contributed by atoms with Crippen molar-refractivity contribution in [3.05, 3.63) is 24.0 Å². The zero-order valence-electron chi connectivity index (χ0n) is 10.1. The van der Waals surface area contributed by atoms with Gasteiger partial charge < -0.3 is 11.1 Å². The van der Waals surface area contributed by atoms with E-state index in [0.717, 1.165) is 18.0 Å². The Hall–Kier alpha value is -1.58. The molecule has 1 aliphatic rings. The van der Waals surface area contributed by atoms with Crippen LogP contribution in [0.3, 0.4) is 0 Å². The Labute approximate surface area is 102 Å². The molecule has 1 heterocycles. The number of amides is 1. The molecule has 1 atom stereocenters. The van der Waals surface area contributed by atoms with Crippen molar-refractivity contribution in [2.45, 2.75) is 38.6 Å². The highest BCUT2D eigenvalue weighted by molar-refractivity contribution is 5.78. The quantitative estimate of drug-likeness (QED) is 0.810. The highest BCUT2D eigenvalue weighted by Crippen LogP contribution is 2.33. The summed E-state index contributed by atoms with van der Waals surface area (Å²) < 4.78 is 0. The Morgan fingerprint density at radius 2 is 2.35 bits per heavy atom. The number of nitrogens with two attached hydrogens (primary N) is 1. The molecule has 1 aliphatic carbocycles. The lowest BCUT2D eigenvalue weighted by molar-refractivity contribution is -0.121. The number of pyridine rings is 1. The van der Waals surface area contributed by atoms with Crippen LogP contribution in [0.25, 0.3) is 0 Å². The summed E-state index contributed by atoms with van der Waals surface area (Å²) in [7, 11) is 0. The summed E-state index contributed by atoms with van der Waals surface area (Å²) in [6.45, 7) is 2.06. The molecular formula is C13H19N3O. The van der Waals surface area contributed by atoms with Gasteiger partial charge in [-0.15, -0.1) is 0 Å². The fraction of sp³-hybridized carbons (Fsp3) is 0.538. The second-order valence-electron chi connectivity index (χ2n) is 4.91. The zero-order chi connectivity index (χ0) is 12.3. The van der Waals surface area contributed by atoms with E-state index in [-0.39, 0.29) is 11.9 Å². The van der Waals surface area contributed by atoms with E-state index in [0.29, 0.717) is 12.1 Å². The Kier molecular flexibility index (Phi) is 3.61. The Morgan fingerprint density at radius 3 is 2.94 bits per heavy atom. The number of anilines is 1. The highest BCUT2D eigenvalue weighted by atomic mass is 16.1. The van der Waals surface area contributed by atoms with Crippen molar-refractivity contribution in [2.75, 3.05) is 5.73 Å². The van der Waals surface area contributed by atoms with E-state index >= 15 is 0 Å². The molecule has 0 spiro atoms. The van der Waals surface area contributed by atoms with Crippen molar-refractivity contribution in [3.8, 4) is 0 Å². The average molecular weight is 233 g/mol. The Morgan fingerprint density at radius 1 is 1.59 bits per heavy atom. The van der Waals surface area contributed by atoms with Crippen LogP contribution < -0.4 is 11.1 Å². The van der Waals surface area contributed by atoms with Crippen LogP contribution >= 0.6 is 0 Å². The van der Waals surface area contributed by atoms with Crippen LogP contribution in [0.15, 0.2) is 18.3 Å². The normalized spacial score (nSPS) is 16.5. The summed E-state index contributed by atoms with van der Waals surface area (Å²) in [5, 5.41) is 3.00. The van der Waals surface area contributed by atoms with Crippen molar-refractivity contribution < 1.29 is 4.79 Å². The molecule has 0 saturated heterocycles. The van der Waals surface area contributed by atoms with Gasteiger partial charge in [-0.3, -0.25) is 9.78 Å². The third kappa shape index (κ3) is 4.06. The SMILES string of the molecule is CC(CC1CC1)NC(=O)Cc1ccc(N)cn1. The van der Waals surface area contributed by atoms with E-state index in [1.807, 2.05) is 0 Å². The van der Waals surface area contributed by atoms with Crippen LogP contribution in [0.4, 0.5) is 5.69 Å². The van der Waals surface area contributed by atoms with Crippen molar-refractivity contribution >= 4 is 11.6 Å². The summed E-state index contributed by atoms with van der Waals surface area (Å²) in [5.74, 6) is 0.871. The van der Waals surface area contributed by atoms with Gasteiger partial charge >= 0.3 is 0 Å². The first-order chi connectivity index (χ1) is 8.13. The molecule has 1 saturated carbocycles. The molecule has 4 heteroatoms. The minimum Gasteiger partial charge on any atom is -0.397 e. The minimum atomic E-state index is 0.0374. The molecule has 2 rings (SSSR count). The Bertz CT molecular complexity index is 384. The van der Waals surface area contributed by atoms with Crippen LogP contribution in [0.1, 0.15) is 31.9 Å². The summed E-state index contributed by atoms with van der Waals surface area (Å²) in [5.41, 5.74) is 6.92. The van der Waals surface area contributed by atoms with Crippen LogP contribution in [-0.2, 0) is 11.2 Å². The summed E-state index contributed by atoms with van der Waals surface area (Å²) >= 11 is 0. The number of carbonyl (C=O) groups is 1. The van der Waals surface area contributed by atoms with Gasteiger partial charge in [0, 0.05) is 11.7 Å². The first-order valence-electron chi connectivity index (χ1n) is 6.13. The molecule has 1 unspecified atom stereocenters. The van der Waals surface area contributed by atoms with E-state index < -0.39 is 0 Å². The minimum absolute atomic E-state index is 0.0374. The molecule has 0 aliphatic heterocycles. The topological polar surface area (TPSA) is 68.0 Å². The fourth-order valence-electron chi connectivity index (χ4n) is 1.94. The first-order valence-corrected chi connectivity index (χ1v) is 6.13. The van der Waals surface area contributed by atoms with Crippen molar-refractivity contribution in [2.24, 2.45) is 5.92 Å². The number of aromatic nitrogens is 1. The summed E-state index contributed by atoms with van der Waals surface area (Å²) in [6.07, 6.45) is 5.64. The van der Waals surface area contributed by atoms with Gasteiger partial charge in [-0.25, -0.2) is 0 Å². The largest absolute Gasteiger partial charge is 0.397 e. The predicted octanol–water partition coefficient (Wildman–Crippen LogP) is 1.51. The van der Waals surface area contributed by atoms with Gasteiger partial charge in [-0.1, -0.05) is 12.8 Å².